The minimum atomic E-state index is -2.68. The SMILES string of the molecule is COC(=O)c1ccc(-c2cc(C(F)F)ccc2F)c(C2CCCC2(C)C)c1. The average molecular weight is 376 g/mol. The minimum absolute atomic E-state index is 0.0275. The Labute approximate surface area is 157 Å². The number of carbonyl (C=O) groups is 1. The average Bonchev–Trinajstić information content (AvgIpc) is 2.99. The summed E-state index contributed by atoms with van der Waals surface area (Å²) in [6.45, 7) is 4.29. The van der Waals surface area contributed by atoms with Crippen LogP contribution in [0.2, 0.25) is 0 Å². The molecule has 1 aliphatic rings. The first kappa shape index (κ1) is 19.5. The number of hydrogen-bond acceptors (Lipinski definition) is 2. The summed E-state index contributed by atoms with van der Waals surface area (Å²) >= 11 is 0. The van der Waals surface area contributed by atoms with Crippen LogP contribution >= 0.6 is 0 Å². The van der Waals surface area contributed by atoms with Crippen molar-refractivity contribution < 1.29 is 22.7 Å². The Morgan fingerprint density at radius 1 is 1.15 bits per heavy atom. The highest BCUT2D eigenvalue weighted by Crippen LogP contribution is 2.51. The van der Waals surface area contributed by atoms with Crippen LogP contribution in [0.15, 0.2) is 36.4 Å². The minimum Gasteiger partial charge on any atom is -0.465 e. The number of ether oxygens (including phenoxy) is 1. The van der Waals surface area contributed by atoms with Gasteiger partial charge < -0.3 is 4.74 Å². The Morgan fingerprint density at radius 3 is 2.48 bits per heavy atom. The molecule has 1 atom stereocenters. The molecule has 27 heavy (non-hydrogen) atoms. The lowest BCUT2D eigenvalue weighted by Gasteiger charge is -2.29. The van der Waals surface area contributed by atoms with E-state index >= 15 is 0 Å². The highest BCUT2D eigenvalue weighted by atomic mass is 19.3. The molecule has 0 spiro atoms. The van der Waals surface area contributed by atoms with Crippen molar-refractivity contribution in [2.45, 2.75) is 45.5 Å². The fourth-order valence-electron chi connectivity index (χ4n) is 4.13. The summed E-state index contributed by atoms with van der Waals surface area (Å²) in [5.41, 5.74) is 1.64. The van der Waals surface area contributed by atoms with E-state index in [-0.39, 0.29) is 22.5 Å². The molecule has 3 rings (SSSR count). The summed E-state index contributed by atoms with van der Waals surface area (Å²) in [7, 11) is 1.31. The number of alkyl halides is 2. The van der Waals surface area contributed by atoms with Gasteiger partial charge in [0.2, 0.25) is 0 Å². The predicted molar refractivity (Wildman–Crippen MR) is 98.5 cm³/mol. The molecule has 1 saturated carbocycles. The maximum atomic E-state index is 14.6. The number of hydrogen-bond donors (Lipinski definition) is 0. The third-order valence-electron chi connectivity index (χ3n) is 5.64. The van der Waals surface area contributed by atoms with Gasteiger partial charge in [0.25, 0.3) is 6.43 Å². The van der Waals surface area contributed by atoms with Crippen molar-refractivity contribution in [2.75, 3.05) is 7.11 Å². The topological polar surface area (TPSA) is 26.3 Å². The van der Waals surface area contributed by atoms with Crippen molar-refractivity contribution in [1.82, 2.24) is 0 Å². The normalized spacial score (nSPS) is 18.7. The quantitative estimate of drug-likeness (QED) is 0.569. The van der Waals surface area contributed by atoms with Gasteiger partial charge in [-0.25, -0.2) is 18.0 Å². The molecule has 0 N–H and O–H groups in total. The van der Waals surface area contributed by atoms with Crippen LogP contribution in [0.3, 0.4) is 0 Å². The van der Waals surface area contributed by atoms with Crippen LogP contribution in [0.5, 0.6) is 0 Å². The van der Waals surface area contributed by atoms with E-state index in [0.29, 0.717) is 11.1 Å². The smallest absolute Gasteiger partial charge is 0.337 e. The van der Waals surface area contributed by atoms with E-state index in [2.05, 4.69) is 13.8 Å². The van der Waals surface area contributed by atoms with Gasteiger partial charge in [-0.3, -0.25) is 0 Å². The molecule has 5 heteroatoms. The second kappa shape index (κ2) is 7.37. The first-order chi connectivity index (χ1) is 12.7. The molecule has 0 bridgehead atoms. The van der Waals surface area contributed by atoms with Gasteiger partial charge in [-0.05, 0) is 59.6 Å². The van der Waals surface area contributed by atoms with Gasteiger partial charge in [-0.1, -0.05) is 32.4 Å². The molecule has 0 radical (unpaired) electrons. The lowest BCUT2D eigenvalue weighted by Crippen LogP contribution is -2.17. The fraction of sp³-hybridized carbons (Fsp3) is 0.409. The molecule has 0 heterocycles. The standard InChI is InChI=1S/C22H23F3O2/c1-22(2)10-4-5-18(22)16-12-14(21(26)27-3)6-8-15(16)17-11-13(20(24)25)7-9-19(17)23/h6-9,11-12,18,20H,4-5,10H2,1-3H3. The van der Waals surface area contributed by atoms with E-state index in [1.807, 2.05) is 0 Å². The van der Waals surface area contributed by atoms with E-state index in [1.165, 1.54) is 13.2 Å². The van der Waals surface area contributed by atoms with Gasteiger partial charge in [0.1, 0.15) is 5.82 Å². The number of carbonyl (C=O) groups excluding carboxylic acids is 1. The number of benzene rings is 2. The molecular formula is C22H23F3O2. The summed E-state index contributed by atoms with van der Waals surface area (Å²) in [6.07, 6.45) is 0.268. The molecule has 1 aliphatic carbocycles. The lowest BCUT2D eigenvalue weighted by atomic mass is 9.75. The van der Waals surface area contributed by atoms with Crippen LogP contribution < -0.4 is 0 Å². The molecule has 144 valence electrons. The molecule has 0 amide bonds. The van der Waals surface area contributed by atoms with Crippen LogP contribution in [0.25, 0.3) is 11.1 Å². The Kier molecular flexibility index (Phi) is 5.31. The van der Waals surface area contributed by atoms with Gasteiger partial charge in [0.15, 0.2) is 0 Å². The highest BCUT2D eigenvalue weighted by molar-refractivity contribution is 5.90. The monoisotopic (exact) mass is 376 g/mol. The maximum Gasteiger partial charge on any atom is 0.337 e. The summed E-state index contributed by atoms with van der Waals surface area (Å²) in [4.78, 5) is 12.0. The molecule has 2 nitrogen and oxygen atoms in total. The highest BCUT2D eigenvalue weighted by Gasteiger charge is 2.37. The van der Waals surface area contributed by atoms with E-state index in [9.17, 15) is 18.0 Å². The second-order valence-corrected chi connectivity index (χ2v) is 7.77. The van der Waals surface area contributed by atoms with Crippen molar-refractivity contribution in [3.8, 4) is 11.1 Å². The van der Waals surface area contributed by atoms with Crippen LogP contribution in [0.1, 0.15) is 66.9 Å². The van der Waals surface area contributed by atoms with Crippen molar-refractivity contribution in [3.05, 3.63) is 58.9 Å². The maximum absolute atomic E-state index is 14.6. The van der Waals surface area contributed by atoms with Crippen molar-refractivity contribution >= 4 is 5.97 Å². The van der Waals surface area contributed by atoms with Crippen LogP contribution in [0, 0.1) is 11.2 Å². The largest absolute Gasteiger partial charge is 0.465 e. The number of halogens is 3. The molecule has 0 aromatic heterocycles. The van der Waals surface area contributed by atoms with Gasteiger partial charge in [0.05, 0.1) is 12.7 Å². The third kappa shape index (κ3) is 3.73. The van der Waals surface area contributed by atoms with Gasteiger partial charge in [0, 0.05) is 11.1 Å². The Morgan fingerprint density at radius 2 is 1.89 bits per heavy atom. The predicted octanol–water partition coefficient (Wildman–Crippen LogP) is 6.51. The van der Waals surface area contributed by atoms with Crippen molar-refractivity contribution in [3.63, 3.8) is 0 Å². The van der Waals surface area contributed by atoms with Crippen LogP contribution in [-0.2, 0) is 4.74 Å². The van der Waals surface area contributed by atoms with E-state index < -0.39 is 18.2 Å². The zero-order chi connectivity index (χ0) is 19.8. The molecule has 2 aromatic rings. The van der Waals surface area contributed by atoms with Gasteiger partial charge >= 0.3 is 5.97 Å². The lowest BCUT2D eigenvalue weighted by molar-refractivity contribution is 0.0600. The first-order valence-electron chi connectivity index (χ1n) is 9.05. The Hall–Kier alpha value is -2.30. The summed E-state index contributed by atoms with van der Waals surface area (Å²) < 4.78 is 45.7. The second-order valence-electron chi connectivity index (χ2n) is 7.77. The van der Waals surface area contributed by atoms with Crippen molar-refractivity contribution in [1.29, 1.82) is 0 Å². The first-order valence-corrected chi connectivity index (χ1v) is 9.05. The van der Waals surface area contributed by atoms with Crippen LogP contribution in [-0.4, -0.2) is 13.1 Å². The van der Waals surface area contributed by atoms with E-state index in [4.69, 9.17) is 4.74 Å². The summed E-state index contributed by atoms with van der Waals surface area (Å²) in [5.74, 6) is -0.922. The summed E-state index contributed by atoms with van der Waals surface area (Å²) in [5, 5.41) is 0. The Bertz CT molecular complexity index is 859. The molecule has 0 saturated heterocycles. The molecular weight excluding hydrogens is 353 g/mol. The van der Waals surface area contributed by atoms with Crippen LogP contribution in [0.4, 0.5) is 13.2 Å². The van der Waals surface area contributed by atoms with Gasteiger partial charge in [-0.15, -0.1) is 0 Å². The summed E-state index contributed by atoms with van der Waals surface area (Å²) in [6, 6.07) is 8.32. The zero-order valence-corrected chi connectivity index (χ0v) is 15.7. The fourth-order valence-corrected chi connectivity index (χ4v) is 4.13. The molecule has 1 fully saturated rings. The Balaban J connectivity index is 2.21. The third-order valence-corrected chi connectivity index (χ3v) is 5.64. The van der Waals surface area contributed by atoms with Crippen molar-refractivity contribution in [2.24, 2.45) is 5.41 Å². The molecule has 0 aliphatic heterocycles. The van der Waals surface area contributed by atoms with Gasteiger partial charge in [-0.2, -0.15) is 0 Å². The van der Waals surface area contributed by atoms with E-state index in [1.54, 1.807) is 18.2 Å². The molecule has 2 aromatic carbocycles. The number of rotatable bonds is 4. The zero-order valence-electron chi connectivity index (χ0n) is 15.7. The molecule has 1 unspecified atom stereocenters. The number of methoxy groups -OCH3 is 1. The van der Waals surface area contributed by atoms with E-state index in [0.717, 1.165) is 37.0 Å². The number of esters is 1.